The lowest BCUT2D eigenvalue weighted by atomic mass is 10.2. The Bertz CT molecular complexity index is 83.0. The van der Waals surface area contributed by atoms with Gasteiger partial charge in [0.2, 0.25) is 0 Å². The zero-order chi connectivity index (χ0) is 6.41. The van der Waals surface area contributed by atoms with E-state index >= 15 is 0 Å². The fourth-order valence-corrected chi connectivity index (χ4v) is 0.425. The number of nitrogens with one attached hydrogen (secondary N) is 1. The van der Waals surface area contributed by atoms with Crippen molar-refractivity contribution >= 4 is 0 Å². The first-order valence-electron chi connectivity index (χ1n) is 2.85. The van der Waals surface area contributed by atoms with Gasteiger partial charge in [0.15, 0.2) is 0 Å². The van der Waals surface area contributed by atoms with Gasteiger partial charge in [0, 0.05) is 12.5 Å². The molecule has 0 saturated heterocycles. The molecule has 1 atom stereocenters. The molecule has 0 aliphatic carbocycles. The zero-order valence-electron chi connectivity index (χ0n) is 5.44. The molecule has 0 aromatic heterocycles. The molecule has 1 unspecified atom stereocenters. The largest absolute Gasteiger partial charge is 0.317 e. The van der Waals surface area contributed by atoms with E-state index in [1.54, 1.807) is 0 Å². The minimum atomic E-state index is 0.481. The number of rotatable bonds is 3. The van der Waals surface area contributed by atoms with Gasteiger partial charge < -0.3 is 5.32 Å². The summed E-state index contributed by atoms with van der Waals surface area (Å²) >= 11 is 0. The Labute approximate surface area is 50.5 Å². The van der Waals surface area contributed by atoms with Crippen molar-refractivity contribution in [3.63, 3.8) is 0 Å². The van der Waals surface area contributed by atoms with Gasteiger partial charge in [-0.25, -0.2) is 0 Å². The number of nitrogens with zero attached hydrogens (tertiary/aromatic N) is 1. The molecule has 0 amide bonds. The fraction of sp³-hybridized carbons (Fsp3) is 0.833. The SMILES string of the molecule is CNC(C)CCC#N. The number of nitriles is 1. The minimum absolute atomic E-state index is 0.481. The first-order valence-corrected chi connectivity index (χ1v) is 2.85. The van der Waals surface area contributed by atoms with Crippen molar-refractivity contribution in [3.05, 3.63) is 0 Å². The molecule has 8 heavy (non-hydrogen) atoms. The minimum Gasteiger partial charge on any atom is -0.317 e. The summed E-state index contributed by atoms with van der Waals surface area (Å²) in [4.78, 5) is 0. The van der Waals surface area contributed by atoms with Crippen LogP contribution in [0.25, 0.3) is 0 Å². The smallest absolute Gasteiger partial charge is 0.0622 e. The van der Waals surface area contributed by atoms with Crippen LogP contribution in [0.2, 0.25) is 0 Å². The van der Waals surface area contributed by atoms with E-state index < -0.39 is 0 Å². The van der Waals surface area contributed by atoms with Crippen LogP contribution in [0.3, 0.4) is 0 Å². The molecule has 0 aromatic rings. The van der Waals surface area contributed by atoms with Crippen LogP contribution >= 0.6 is 0 Å². The third kappa shape index (κ3) is 3.63. The maximum atomic E-state index is 8.13. The molecular weight excluding hydrogens is 100 g/mol. The van der Waals surface area contributed by atoms with Gasteiger partial charge in [0.1, 0.15) is 0 Å². The van der Waals surface area contributed by atoms with E-state index in [1.165, 1.54) is 0 Å². The van der Waals surface area contributed by atoms with Crippen molar-refractivity contribution in [1.82, 2.24) is 5.32 Å². The van der Waals surface area contributed by atoms with Gasteiger partial charge in [-0.15, -0.1) is 0 Å². The molecule has 0 fully saturated rings. The first kappa shape index (κ1) is 7.45. The van der Waals surface area contributed by atoms with Crippen molar-refractivity contribution in [1.29, 1.82) is 5.26 Å². The molecule has 0 aliphatic rings. The van der Waals surface area contributed by atoms with Crippen LogP contribution < -0.4 is 5.32 Å². The van der Waals surface area contributed by atoms with Crippen LogP contribution in [0, 0.1) is 11.3 Å². The van der Waals surface area contributed by atoms with Crippen molar-refractivity contribution in [2.24, 2.45) is 0 Å². The van der Waals surface area contributed by atoms with E-state index in [9.17, 15) is 0 Å². The lowest BCUT2D eigenvalue weighted by Gasteiger charge is -2.04. The lowest BCUT2D eigenvalue weighted by molar-refractivity contribution is 0.573. The lowest BCUT2D eigenvalue weighted by Crippen LogP contribution is -2.20. The highest BCUT2D eigenvalue weighted by molar-refractivity contribution is 4.71. The molecule has 0 aromatic carbocycles. The van der Waals surface area contributed by atoms with Crippen molar-refractivity contribution in [2.45, 2.75) is 25.8 Å². The summed E-state index contributed by atoms with van der Waals surface area (Å²) in [5, 5.41) is 11.2. The Kier molecular flexibility index (Phi) is 4.29. The van der Waals surface area contributed by atoms with E-state index in [0.29, 0.717) is 12.5 Å². The van der Waals surface area contributed by atoms with E-state index in [1.807, 2.05) is 7.05 Å². The maximum Gasteiger partial charge on any atom is 0.0622 e. The van der Waals surface area contributed by atoms with Crippen LogP contribution in [0.5, 0.6) is 0 Å². The van der Waals surface area contributed by atoms with Gasteiger partial charge in [-0.3, -0.25) is 0 Å². The second-order valence-corrected chi connectivity index (χ2v) is 1.89. The quantitative estimate of drug-likeness (QED) is 0.588. The van der Waals surface area contributed by atoms with E-state index in [2.05, 4.69) is 18.3 Å². The van der Waals surface area contributed by atoms with Crippen LogP contribution in [0.15, 0.2) is 0 Å². The molecule has 2 nitrogen and oxygen atoms in total. The van der Waals surface area contributed by atoms with Crippen LogP contribution in [0.4, 0.5) is 0 Å². The molecule has 0 aliphatic heterocycles. The molecule has 0 bridgehead atoms. The fourth-order valence-electron chi connectivity index (χ4n) is 0.425. The second kappa shape index (κ2) is 4.61. The number of hydrogen-bond donors (Lipinski definition) is 1. The summed E-state index contributed by atoms with van der Waals surface area (Å²) in [6.45, 7) is 2.07. The predicted molar refractivity (Wildman–Crippen MR) is 33.4 cm³/mol. The predicted octanol–water partition coefficient (Wildman–Crippen LogP) is 0.898. The second-order valence-electron chi connectivity index (χ2n) is 1.89. The Morgan fingerprint density at radius 1 is 1.75 bits per heavy atom. The van der Waals surface area contributed by atoms with Crippen LogP contribution in [-0.2, 0) is 0 Å². The third-order valence-corrected chi connectivity index (χ3v) is 1.18. The molecule has 2 heteroatoms. The summed E-state index contributed by atoms with van der Waals surface area (Å²) < 4.78 is 0. The van der Waals surface area contributed by atoms with Gasteiger partial charge in [-0.2, -0.15) is 5.26 Å². The molecule has 0 heterocycles. The standard InChI is InChI=1S/C6H12N2/c1-6(8-2)4-3-5-7/h6,8H,3-4H2,1-2H3. The molecule has 0 spiro atoms. The molecule has 0 saturated carbocycles. The van der Waals surface area contributed by atoms with Gasteiger partial charge in [0.25, 0.3) is 0 Å². The van der Waals surface area contributed by atoms with E-state index in [4.69, 9.17) is 5.26 Å². The van der Waals surface area contributed by atoms with Crippen LogP contribution in [0.1, 0.15) is 19.8 Å². The maximum absolute atomic E-state index is 8.13. The monoisotopic (exact) mass is 112 g/mol. The number of hydrogen-bond acceptors (Lipinski definition) is 2. The Morgan fingerprint density at radius 3 is 2.75 bits per heavy atom. The van der Waals surface area contributed by atoms with Gasteiger partial charge in [-0.1, -0.05) is 0 Å². The summed E-state index contributed by atoms with van der Waals surface area (Å²) in [7, 11) is 1.90. The van der Waals surface area contributed by atoms with Gasteiger partial charge >= 0.3 is 0 Å². The van der Waals surface area contributed by atoms with Crippen molar-refractivity contribution < 1.29 is 0 Å². The van der Waals surface area contributed by atoms with E-state index in [-0.39, 0.29) is 0 Å². The average Bonchev–Trinajstić information content (AvgIpc) is 1.83. The van der Waals surface area contributed by atoms with Crippen LogP contribution in [-0.4, -0.2) is 13.1 Å². The normalized spacial score (nSPS) is 12.6. The summed E-state index contributed by atoms with van der Waals surface area (Å²) in [5.41, 5.74) is 0. The Balaban J connectivity index is 3.01. The Hall–Kier alpha value is -0.550. The summed E-state index contributed by atoms with van der Waals surface area (Å²) in [6.07, 6.45) is 1.61. The summed E-state index contributed by atoms with van der Waals surface area (Å²) in [6, 6.07) is 2.57. The van der Waals surface area contributed by atoms with E-state index in [0.717, 1.165) is 6.42 Å². The highest BCUT2D eigenvalue weighted by Crippen LogP contribution is 1.91. The van der Waals surface area contributed by atoms with Crippen molar-refractivity contribution in [3.8, 4) is 6.07 Å². The van der Waals surface area contributed by atoms with Crippen molar-refractivity contribution in [2.75, 3.05) is 7.05 Å². The van der Waals surface area contributed by atoms with Gasteiger partial charge in [0.05, 0.1) is 6.07 Å². The summed E-state index contributed by atoms with van der Waals surface area (Å²) in [5.74, 6) is 0. The molecule has 1 N–H and O–H groups in total. The highest BCUT2D eigenvalue weighted by Gasteiger charge is 1.93. The molecule has 46 valence electrons. The average molecular weight is 112 g/mol. The molecule has 0 radical (unpaired) electrons. The topological polar surface area (TPSA) is 35.8 Å². The van der Waals surface area contributed by atoms with Gasteiger partial charge in [-0.05, 0) is 20.4 Å². The Morgan fingerprint density at radius 2 is 2.38 bits per heavy atom. The zero-order valence-corrected chi connectivity index (χ0v) is 5.44. The molecular formula is C6H12N2. The molecule has 0 rings (SSSR count). The highest BCUT2D eigenvalue weighted by atomic mass is 14.8. The first-order chi connectivity index (χ1) is 3.81. The third-order valence-electron chi connectivity index (χ3n) is 1.18.